The van der Waals surface area contributed by atoms with Crippen molar-refractivity contribution in [3.63, 3.8) is 0 Å². The molecular formula is C6H19NOSi. The number of rotatable bonds is 0. The average Bonchev–Trinajstić information content (AvgIpc) is 1.67. The van der Waals surface area contributed by atoms with Gasteiger partial charge in [0.1, 0.15) is 10.5 Å². The van der Waals surface area contributed by atoms with Gasteiger partial charge in [0.2, 0.25) is 0 Å². The van der Waals surface area contributed by atoms with Gasteiger partial charge in [-0.2, -0.15) is 0 Å². The van der Waals surface area contributed by atoms with Gasteiger partial charge >= 0.3 is 0 Å². The van der Waals surface area contributed by atoms with Crippen LogP contribution in [0.4, 0.5) is 0 Å². The van der Waals surface area contributed by atoms with Crippen LogP contribution in [0.3, 0.4) is 0 Å². The minimum atomic E-state index is 0.103. The molecule has 0 rings (SSSR count). The highest BCUT2D eigenvalue weighted by molar-refractivity contribution is 5.98. The van der Waals surface area contributed by atoms with Gasteiger partial charge in [-0.05, 0) is 34.9 Å². The molecule has 2 nitrogen and oxygen atoms in total. The molecule has 3 heteroatoms. The van der Waals surface area contributed by atoms with Crippen molar-refractivity contribution in [1.82, 2.24) is 5.32 Å². The van der Waals surface area contributed by atoms with E-state index >= 15 is 0 Å². The molecule has 0 saturated carbocycles. The largest absolute Gasteiger partial charge is 0.423 e. The van der Waals surface area contributed by atoms with Crippen LogP contribution in [0, 0.1) is 0 Å². The molecule has 0 bridgehead atoms. The molecule has 0 radical (unpaired) electrons. The Labute approximate surface area is 61.5 Å². The van der Waals surface area contributed by atoms with Crippen molar-refractivity contribution in [2.45, 2.75) is 26.4 Å². The lowest BCUT2D eigenvalue weighted by molar-refractivity contribution is 0.147. The summed E-state index contributed by atoms with van der Waals surface area (Å²) in [5.41, 5.74) is 0.103. The highest BCUT2D eigenvalue weighted by atomic mass is 28.2. The van der Waals surface area contributed by atoms with Crippen molar-refractivity contribution in [2.75, 3.05) is 14.1 Å². The maximum Gasteiger partial charge on any atom is 0.146 e. The second-order valence-corrected chi connectivity index (χ2v) is 3.22. The van der Waals surface area contributed by atoms with Gasteiger partial charge in [0.05, 0.1) is 0 Å². The normalized spacial score (nSPS) is 10.3. The molecule has 0 aliphatic carbocycles. The van der Waals surface area contributed by atoms with E-state index in [0.717, 1.165) is 10.5 Å². The van der Waals surface area contributed by atoms with Crippen LogP contribution in [0.2, 0.25) is 0 Å². The van der Waals surface area contributed by atoms with Gasteiger partial charge in [-0.25, -0.2) is 0 Å². The molecule has 0 atom stereocenters. The highest BCUT2D eigenvalue weighted by Gasteiger charge is 2.03. The maximum atomic E-state index is 5.08. The summed E-state index contributed by atoms with van der Waals surface area (Å²) >= 11 is 0. The molecule has 58 valence electrons. The SMILES string of the molecule is CC(C)(C)O[SiH3].CNC. The lowest BCUT2D eigenvalue weighted by Gasteiger charge is -2.15. The third-order valence-electron chi connectivity index (χ3n) is 0.612. The third kappa shape index (κ3) is 31.1. The third-order valence-corrected chi connectivity index (χ3v) is 1.84. The summed E-state index contributed by atoms with van der Waals surface area (Å²) in [6.07, 6.45) is 0. The number of nitrogens with one attached hydrogen (secondary N) is 1. The minimum Gasteiger partial charge on any atom is -0.423 e. The minimum absolute atomic E-state index is 0.103. The second-order valence-electron chi connectivity index (χ2n) is 2.82. The smallest absolute Gasteiger partial charge is 0.146 e. The Morgan fingerprint density at radius 1 is 1.22 bits per heavy atom. The van der Waals surface area contributed by atoms with Crippen molar-refractivity contribution in [1.29, 1.82) is 0 Å². The molecule has 0 fully saturated rings. The standard InChI is InChI=1S/C4H12OSi.C2H7N/c1-4(2,3)5-6;1-3-2/h1-3,6H3;3H,1-2H3. The zero-order valence-corrected chi connectivity index (χ0v) is 9.41. The maximum absolute atomic E-state index is 5.08. The van der Waals surface area contributed by atoms with E-state index in [1.807, 2.05) is 14.1 Å². The van der Waals surface area contributed by atoms with Gasteiger partial charge in [0.25, 0.3) is 0 Å². The molecular weight excluding hydrogens is 130 g/mol. The van der Waals surface area contributed by atoms with E-state index in [1.165, 1.54) is 0 Å². The fraction of sp³-hybridized carbons (Fsp3) is 1.00. The molecule has 0 heterocycles. The lowest BCUT2D eigenvalue weighted by Crippen LogP contribution is -2.16. The zero-order chi connectivity index (χ0) is 7.91. The molecule has 9 heavy (non-hydrogen) atoms. The molecule has 1 N–H and O–H groups in total. The van der Waals surface area contributed by atoms with Gasteiger partial charge in [0, 0.05) is 5.60 Å². The average molecular weight is 149 g/mol. The predicted octanol–water partition coefficient (Wildman–Crippen LogP) is -0.0825. The van der Waals surface area contributed by atoms with Crippen molar-refractivity contribution in [3.8, 4) is 0 Å². The Morgan fingerprint density at radius 2 is 1.33 bits per heavy atom. The number of hydrogen-bond donors (Lipinski definition) is 1. The van der Waals surface area contributed by atoms with E-state index in [9.17, 15) is 0 Å². The highest BCUT2D eigenvalue weighted by Crippen LogP contribution is 2.01. The van der Waals surface area contributed by atoms with Crippen LogP contribution < -0.4 is 5.32 Å². The summed E-state index contributed by atoms with van der Waals surface area (Å²) in [7, 11) is 4.60. The first-order chi connectivity index (χ1) is 3.97. The summed E-state index contributed by atoms with van der Waals surface area (Å²) in [6.45, 7) is 6.17. The van der Waals surface area contributed by atoms with E-state index in [1.54, 1.807) is 0 Å². The van der Waals surface area contributed by atoms with Crippen molar-refractivity contribution < 1.29 is 4.43 Å². The molecule has 0 aliphatic heterocycles. The Hall–Kier alpha value is 0.137. The second kappa shape index (κ2) is 6.26. The topological polar surface area (TPSA) is 21.3 Å². The van der Waals surface area contributed by atoms with E-state index in [-0.39, 0.29) is 5.60 Å². The fourth-order valence-electron chi connectivity index (χ4n) is 0. The van der Waals surface area contributed by atoms with Crippen LogP contribution >= 0.6 is 0 Å². The summed E-state index contributed by atoms with van der Waals surface area (Å²) in [5, 5.41) is 2.75. The van der Waals surface area contributed by atoms with Crippen LogP contribution in [0.5, 0.6) is 0 Å². The van der Waals surface area contributed by atoms with Gasteiger partial charge in [-0.3, -0.25) is 0 Å². The first-order valence-electron chi connectivity index (χ1n) is 3.11. The zero-order valence-electron chi connectivity index (χ0n) is 7.41. The Morgan fingerprint density at radius 3 is 1.33 bits per heavy atom. The molecule has 0 aliphatic rings. The molecule has 0 aromatic rings. The molecule has 0 aromatic carbocycles. The van der Waals surface area contributed by atoms with E-state index in [0.29, 0.717) is 0 Å². The summed E-state index contributed by atoms with van der Waals surface area (Å²) in [5.74, 6) is 0. The van der Waals surface area contributed by atoms with Gasteiger partial charge in [0.15, 0.2) is 0 Å². The molecule has 0 spiro atoms. The number of hydrogen-bond acceptors (Lipinski definition) is 2. The van der Waals surface area contributed by atoms with Gasteiger partial charge in [-0.15, -0.1) is 0 Å². The van der Waals surface area contributed by atoms with Gasteiger partial charge in [-0.1, -0.05) is 0 Å². The van der Waals surface area contributed by atoms with Crippen LogP contribution in [-0.2, 0) is 4.43 Å². The van der Waals surface area contributed by atoms with E-state index in [4.69, 9.17) is 4.43 Å². The molecule has 0 unspecified atom stereocenters. The van der Waals surface area contributed by atoms with Crippen LogP contribution in [-0.4, -0.2) is 30.2 Å². The lowest BCUT2D eigenvalue weighted by atomic mass is 10.2. The van der Waals surface area contributed by atoms with Gasteiger partial charge < -0.3 is 9.74 Å². The molecule has 0 amide bonds. The summed E-state index contributed by atoms with van der Waals surface area (Å²) < 4.78 is 5.08. The summed E-state index contributed by atoms with van der Waals surface area (Å²) in [4.78, 5) is 0. The van der Waals surface area contributed by atoms with E-state index < -0.39 is 0 Å². The first kappa shape index (κ1) is 11.9. The Kier molecular flexibility index (Phi) is 8.26. The predicted molar refractivity (Wildman–Crippen MR) is 45.8 cm³/mol. The monoisotopic (exact) mass is 149 g/mol. The van der Waals surface area contributed by atoms with Crippen LogP contribution in [0.1, 0.15) is 20.8 Å². The fourth-order valence-corrected chi connectivity index (χ4v) is 0. The van der Waals surface area contributed by atoms with Crippen molar-refractivity contribution in [3.05, 3.63) is 0 Å². The molecule has 0 saturated heterocycles. The Bertz CT molecular complexity index is 51.5. The van der Waals surface area contributed by atoms with Crippen molar-refractivity contribution >= 4 is 10.5 Å². The van der Waals surface area contributed by atoms with E-state index in [2.05, 4.69) is 26.1 Å². The quantitative estimate of drug-likeness (QED) is 0.486. The summed E-state index contributed by atoms with van der Waals surface area (Å²) in [6, 6.07) is 0. The Balaban J connectivity index is 0. The van der Waals surface area contributed by atoms with Crippen LogP contribution in [0.15, 0.2) is 0 Å². The first-order valence-corrected chi connectivity index (χ1v) is 3.93. The van der Waals surface area contributed by atoms with Crippen molar-refractivity contribution in [2.24, 2.45) is 0 Å². The van der Waals surface area contributed by atoms with Crippen LogP contribution in [0.25, 0.3) is 0 Å². The molecule has 0 aromatic heterocycles.